The molecule has 5 N–H and O–H groups in total. The van der Waals surface area contributed by atoms with Gasteiger partial charge in [0.05, 0.1) is 6.61 Å². The summed E-state index contributed by atoms with van der Waals surface area (Å²) in [7, 11) is 0. The number of carbonyl (C=O) groups is 1. The Kier molecular flexibility index (Phi) is 3.84. The van der Waals surface area contributed by atoms with Gasteiger partial charge < -0.3 is 35.0 Å². The monoisotopic (exact) mass is 238 g/mol. The van der Waals surface area contributed by atoms with Crippen LogP contribution in [0.25, 0.3) is 0 Å². The van der Waals surface area contributed by atoms with Crippen molar-refractivity contribution in [2.75, 3.05) is 6.61 Å². The van der Waals surface area contributed by atoms with Crippen LogP contribution in [0.2, 0.25) is 0 Å². The largest absolute Gasteiger partial charge is 0.406 e. The standard InChI is InChI=1S/C8H14O8/c1-3(10)15-8(14)7(13)6(12)5(11)4(2-9)16-8/h4-7,9,11-14H,2H2,1H3/t4-,5-,6+,7-,8-/m1/s1. The molecule has 0 aromatic heterocycles. The number of hydrogen-bond donors (Lipinski definition) is 5. The molecule has 1 aliphatic rings. The fourth-order valence-corrected chi connectivity index (χ4v) is 1.41. The number of rotatable bonds is 2. The molecule has 8 heteroatoms. The highest BCUT2D eigenvalue weighted by molar-refractivity contribution is 5.66. The van der Waals surface area contributed by atoms with Crippen molar-refractivity contribution >= 4 is 5.97 Å². The van der Waals surface area contributed by atoms with E-state index < -0.39 is 43.0 Å². The van der Waals surface area contributed by atoms with Crippen LogP contribution < -0.4 is 0 Å². The van der Waals surface area contributed by atoms with E-state index in [9.17, 15) is 25.2 Å². The van der Waals surface area contributed by atoms with Crippen LogP contribution in [-0.2, 0) is 14.3 Å². The van der Waals surface area contributed by atoms with E-state index in [4.69, 9.17) is 5.11 Å². The fraction of sp³-hybridized carbons (Fsp3) is 0.875. The summed E-state index contributed by atoms with van der Waals surface area (Å²) in [4.78, 5) is 10.7. The van der Waals surface area contributed by atoms with Gasteiger partial charge in [0.15, 0.2) is 6.10 Å². The van der Waals surface area contributed by atoms with Gasteiger partial charge in [-0.05, 0) is 0 Å². The minimum atomic E-state index is -2.78. The van der Waals surface area contributed by atoms with E-state index in [1.807, 2.05) is 0 Å². The van der Waals surface area contributed by atoms with Crippen molar-refractivity contribution in [2.45, 2.75) is 37.3 Å². The fourth-order valence-electron chi connectivity index (χ4n) is 1.41. The van der Waals surface area contributed by atoms with Crippen molar-refractivity contribution in [3.63, 3.8) is 0 Å². The molecule has 0 spiro atoms. The van der Waals surface area contributed by atoms with Gasteiger partial charge in [-0.2, -0.15) is 0 Å². The lowest BCUT2D eigenvalue weighted by Gasteiger charge is -2.43. The Balaban J connectivity index is 2.89. The normalized spacial score (nSPS) is 44.1. The predicted octanol–water partition coefficient (Wildman–Crippen LogP) is -3.33. The Morgan fingerprint density at radius 3 is 2.38 bits per heavy atom. The van der Waals surface area contributed by atoms with Crippen molar-refractivity contribution in [3.05, 3.63) is 0 Å². The molecule has 94 valence electrons. The van der Waals surface area contributed by atoms with Gasteiger partial charge in [-0.1, -0.05) is 0 Å². The van der Waals surface area contributed by atoms with Gasteiger partial charge in [-0.3, -0.25) is 4.79 Å². The number of aliphatic hydroxyl groups is 5. The van der Waals surface area contributed by atoms with Crippen LogP contribution in [0.15, 0.2) is 0 Å². The van der Waals surface area contributed by atoms with E-state index in [0.29, 0.717) is 0 Å². The first-order chi connectivity index (χ1) is 7.31. The van der Waals surface area contributed by atoms with Crippen LogP contribution in [0.1, 0.15) is 6.92 Å². The zero-order valence-corrected chi connectivity index (χ0v) is 8.48. The van der Waals surface area contributed by atoms with Crippen molar-refractivity contribution in [2.24, 2.45) is 0 Å². The molecule has 0 bridgehead atoms. The summed E-state index contributed by atoms with van der Waals surface area (Å²) in [5.74, 6) is -3.74. The van der Waals surface area contributed by atoms with Crippen molar-refractivity contribution < 1.29 is 39.8 Å². The summed E-state index contributed by atoms with van der Waals surface area (Å²) >= 11 is 0. The SMILES string of the molecule is CC(=O)O[C@@]1(O)O[C@H](CO)[C@@H](O)[C@H](O)[C@H]1O. The van der Waals surface area contributed by atoms with Gasteiger partial charge >= 0.3 is 11.9 Å². The molecule has 0 radical (unpaired) electrons. The lowest BCUT2D eigenvalue weighted by molar-refractivity contribution is -0.433. The maximum atomic E-state index is 10.7. The van der Waals surface area contributed by atoms with Crippen molar-refractivity contribution in [1.82, 2.24) is 0 Å². The average molecular weight is 238 g/mol. The number of aliphatic hydroxyl groups excluding tert-OH is 4. The van der Waals surface area contributed by atoms with Crippen LogP contribution in [0, 0.1) is 0 Å². The minimum Gasteiger partial charge on any atom is -0.406 e. The molecule has 1 fully saturated rings. The molecule has 0 aromatic rings. The highest BCUT2D eigenvalue weighted by Crippen LogP contribution is 2.29. The van der Waals surface area contributed by atoms with E-state index in [1.165, 1.54) is 0 Å². The summed E-state index contributed by atoms with van der Waals surface area (Å²) in [6, 6.07) is 0. The van der Waals surface area contributed by atoms with Crippen LogP contribution in [0.3, 0.4) is 0 Å². The first kappa shape index (κ1) is 13.3. The molecule has 0 aromatic carbocycles. The molecule has 0 aliphatic carbocycles. The maximum Gasteiger partial charge on any atom is 0.357 e. The highest BCUT2D eigenvalue weighted by Gasteiger charge is 2.55. The second-order valence-electron chi connectivity index (χ2n) is 3.49. The molecule has 1 aliphatic heterocycles. The summed E-state index contributed by atoms with van der Waals surface area (Å²) < 4.78 is 8.94. The summed E-state index contributed by atoms with van der Waals surface area (Å²) in [6.45, 7) is 0.230. The maximum absolute atomic E-state index is 10.7. The van der Waals surface area contributed by atoms with E-state index in [2.05, 4.69) is 9.47 Å². The van der Waals surface area contributed by atoms with Gasteiger partial charge in [0.1, 0.15) is 18.3 Å². The Morgan fingerprint density at radius 1 is 1.38 bits per heavy atom. The molecule has 16 heavy (non-hydrogen) atoms. The van der Waals surface area contributed by atoms with E-state index in [-0.39, 0.29) is 0 Å². The number of ether oxygens (including phenoxy) is 2. The Bertz CT molecular complexity index is 267. The lowest BCUT2D eigenvalue weighted by atomic mass is 9.98. The highest BCUT2D eigenvalue weighted by atomic mass is 16.8. The number of carbonyl (C=O) groups excluding carboxylic acids is 1. The van der Waals surface area contributed by atoms with Crippen molar-refractivity contribution in [3.8, 4) is 0 Å². The molecular weight excluding hydrogens is 224 g/mol. The first-order valence-electron chi connectivity index (χ1n) is 4.56. The average Bonchev–Trinajstić information content (AvgIpc) is 2.20. The van der Waals surface area contributed by atoms with Crippen molar-refractivity contribution in [1.29, 1.82) is 0 Å². The molecule has 8 nitrogen and oxygen atoms in total. The summed E-state index contributed by atoms with van der Waals surface area (Å²) in [5, 5.41) is 46.5. The zero-order valence-electron chi connectivity index (χ0n) is 8.48. The lowest BCUT2D eigenvalue weighted by Crippen LogP contribution is -2.66. The van der Waals surface area contributed by atoms with Gasteiger partial charge in [-0.15, -0.1) is 0 Å². The second kappa shape index (κ2) is 4.62. The predicted molar refractivity (Wildman–Crippen MR) is 46.7 cm³/mol. The molecule has 1 saturated heterocycles. The molecule has 5 atom stereocenters. The van der Waals surface area contributed by atoms with Gasteiger partial charge in [0.2, 0.25) is 0 Å². The van der Waals surface area contributed by atoms with Gasteiger partial charge in [0, 0.05) is 6.92 Å². The third-order valence-electron chi connectivity index (χ3n) is 2.22. The van der Waals surface area contributed by atoms with Crippen LogP contribution in [0.5, 0.6) is 0 Å². The van der Waals surface area contributed by atoms with E-state index >= 15 is 0 Å². The number of esters is 1. The minimum absolute atomic E-state index is 0.728. The smallest absolute Gasteiger partial charge is 0.357 e. The molecule has 1 heterocycles. The first-order valence-corrected chi connectivity index (χ1v) is 4.56. The van der Waals surface area contributed by atoms with E-state index in [0.717, 1.165) is 6.92 Å². The van der Waals surface area contributed by atoms with Crippen LogP contribution >= 0.6 is 0 Å². The molecule has 0 saturated carbocycles. The van der Waals surface area contributed by atoms with Gasteiger partial charge in [0.25, 0.3) is 0 Å². The third-order valence-corrected chi connectivity index (χ3v) is 2.22. The Morgan fingerprint density at radius 2 is 1.94 bits per heavy atom. The molecule has 0 unspecified atom stereocenters. The molecule has 0 amide bonds. The molecule has 1 rings (SSSR count). The van der Waals surface area contributed by atoms with E-state index in [1.54, 1.807) is 0 Å². The molecular formula is C8H14O8. The summed E-state index contributed by atoms with van der Waals surface area (Å²) in [5.41, 5.74) is 0. The number of hydrogen-bond acceptors (Lipinski definition) is 8. The second-order valence-corrected chi connectivity index (χ2v) is 3.49. The van der Waals surface area contributed by atoms with Gasteiger partial charge in [-0.25, -0.2) is 0 Å². The summed E-state index contributed by atoms with van der Waals surface area (Å²) in [6.07, 6.45) is -6.82. The Hall–Kier alpha value is -0.770. The topological polar surface area (TPSA) is 137 Å². The third kappa shape index (κ3) is 2.32. The van der Waals surface area contributed by atoms with Crippen LogP contribution in [-0.4, -0.2) is 68.5 Å². The zero-order chi connectivity index (χ0) is 12.5. The quantitative estimate of drug-likeness (QED) is 0.249. The van der Waals surface area contributed by atoms with Crippen LogP contribution in [0.4, 0.5) is 0 Å². The Labute approximate surface area is 90.6 Å².